The van der Waals surface area contributed by atoms with E-state index < -0.39 is 24.3 Å². The van der Waals surface area contributed by atoms with Gasteiger partial charge < -0.3 is 19.5 Å². The zero-order chi connectivity index (χ0) is 22.4. The van der Waals surface area contributed by atoms with Crippen LogP contribution in [0.4, 0.5) is 10.1 Å². The Morgan fingerprint density at radius 2 is 1.87 bits per heavy atom. The molecule has 0 radical (unpaired) electrons. The minimum absolute atomic E-state index is 0.0732. The first-order chi connectivity index (χ1) is 14.9. The molecule has 0 bridgehead atoms. The van der Waals surface area contributed by atoms with E-state index in [-0.39, 0.29) is 6.42 Å². The predicted molar refractivity (Wildman–Crippen MR) is 115 cm³/mol. The van der Waals surface area contributed by atoms with Gasteiger partial charge in [-0.15, -0.1) is 11.3 Å². The zero-order valence-corrected chi connectivity index (χ0v) is 18.0. The normalized spacial score (nSPS) is 10.5. The minimum atomic E-state index is -0.589. The number of carbonyl (C=O) groups is 2. The van der Waals surface area contributed by atoms with Crippen molar-refractivity contribution in [2.75, 3.05) is 26.1 Å². The second-order valence-corrected chi connectivity index (χ2v) is 7.42. The number of halogens is 1. The van der Waals surface area contributed by atoms with Crippen LogP contribution in [0.2, 0.25) is 0 Å². The molecule has 0 fully saturated rings. The fourth-order valence-electron chi connectivity index (χ4n) is 2.70. The summed E-state index contributed by atoms with van der Waals surface area (Å²) >= 11 is 1.38. The van der Waals surface area contributed by atoms with Crippen LogP contribution in [0.3, 0.4) is 0 Å². The van der Waals surface area contributed by atoms with E-state index in [9.17, 15) is 14.0 Å². The van der Waals surface area contributed by atoms with E-state index in [1.807, 2.05) is 6.07 Å². The van der Waals surface area contributed by atoms with Crippen LogP contribution >= 0.6 is 11.3 Å². The predicted octanol–water partition coefficient (Wildman–Crippen LogP) is 4.00. The van der Waals surface area contributed by atoms with E-state index in [4.69, 9.17) is 14.2 Å². The summed E-state index contributed by atoms with van der Waals surface area (Å²) in [6, 6.07) is 9.76. The Hall–Kier alpha value is -3.46. The van der Waals surface area contributed by atoms with E-state index in [2.05, 4.69) is 10.3 Å². The van der Waals surface area contributed by atoms with Crippen LogP contribution in [0.15, 0.2) is 41.8 Å². The lowest BCUT2D eigenvalue weighted by molar-refractivity contribution is -0.146. The van der Waals surface area contributed by atoms with Crippen molar-refractivity contribution in [2.24, 2.45) is 0 Å². The topological polar surface area (TPSA) is 86.8 Å². The zero-order valence-electron chi connectivity index (χ0n) is 17.2. The van der Waals surface area contributed by atoms with E-state index in [0.29, 0.717) is 33.5 Å². The molecule has 162 valence electrons. The lowest BCUT2D eigenvalue weighted by Crippen LogP contribution is -2.21. The number of esters is 1. The molecule has 0 unspecified atom stereocenters. The molecule has 3 rings (SSSR count). The number of thiazole rings is 1. The van der Waals surface area contributed by atoms with Gasteiger partial charge in [-0.25, -0.2) is 9.37 Å². The first-order valence-electron chi connectivity index (χ1n) is 9.28. The highest BCUT2D eigenvalue weighted by molar-refractivity contribution is 7.13. The summed E-state index contributed by atoms with van der Waals surface area (Å²) in [6.45, 7) is 1.15. The van der Waals surface area contributed by atoms with Gasteiger partial charge in [0.05, 0.1) is 26.3 Å². The molecule has 0 saturated carbocycles. The van der Waals surface area contributed by atoms with Gasteiger partial charge in [-0.05, 0) is 42.8 Å². The van der Waals surface area contributed by atoms with E-state index in [1.54, 1.807) is 50.8 Å². The number of anilines is 1. The van der Waals surface area contributed by atoms with Crippen LogP contribution in [-0.2, 0) is 20.7 Å². The second-order valence-electron chi connectivity index (χ2n) is 6.56. The molecule has 0 atom stereocenters. The Morgan fingerprint density at radius 3 is 2.58 bits per heavy atom. The number of methoxy groups -OCH3 is 2. The molecule has 0 saturated heterocycles. The number of carbonyl (C=O) groups excluding carboxylic acids is 2. The Bertz CT molecular complexity index is 1100. The highest BCUT2D eigenvalue weighted by Gasteiger charge is 2.14. The number of rotatable bonds is 8. The molecular weight excluding hydrogens is 423 g/mol. The van der Waals surface area contributed by atoms with Crippen molar-refractivity contribution in [1.29, 1.82) is 0 Å². The van der Waals surface area contributed by atoms with Crippen molar-refractivity contribution in [3.63, 3.8) is 0 Å². The number of nitrogens with one attached hydrogen (secondary N) is 1. The maximum atomic E-state index is 13.5. The van der Waals surface area contributed by atoms with Crippen LogP contribution in [-0.4, -0.2) is 37.7 Å². The largest absolute Gasteiger partial charge is 0.493 e. The SMILES string of the molecule is COc1ccc(-c2nc(CC(=O)OCC(=O)Nc3ccc(C)c(F)c3)cs2)cc1OC. The van der Waals surface area contributed by atoms with Crippen LogP contribution < -0.4 is 14.8 Å². The molecule has 3 aromatic rings. The molecule has 7 nitrogen and oxygen atoms in total. The van der Waals surface area contributed by atoms with Crippen LogP contribution in [0.25, 0.3) is 10.6 Å². The Labute approximate surface area is 182 Å². The third kappa shape index (κ3) is 5.79. The van der Waals surface area contributed by atoms with Crippen LogP contribution in [0.1, 0.15) is 11.3 Å². The highest BCUT2D eigenvalue weighted by Crippen LogP contribution is 2.33. The smallest absolute Gasteiger partial charge is 0.312 e. The van der Waals surface area contributed by atoms with Crippen LogP contribution in [0, 0.1) is 12.7 Å². The maximum absolute atomic E-state index is 13.5. The van der Waals surface area contributed by atoms with Crippen molar-refractivity contribution in [1.82, 2.24) is 4.98 Å². The first-order valence-corrected chi connectivity index (χ1v) is 10.2. The number of hydrogen-bond donors (Lipinski definition) is 1. The number of aryl methyl sites for hydroxylation is 1. The molecule has 1 aromatic heterocycles. The van der Waals surface area contributed by atoms with E-state index >= 15 is 0 Å². The molecule has 0 aliphatic carbocycles. The van der Waals surface area contributed by atoms with E-state index in [1.165, 1.54) is 17.4 Å². The van der Waals surface area contributed by atoms with Gasteiger partial charge in [0, 0.05) is 16.6 Å². The van der Waals surface area contributed by atoms with Crippen LogP contribution in [0.5, 0.6) is 11.5 Å². The lowest BCUT2D eigenvalue weighted by atomic mass is 10.2. The molecule has 1 N–H and O–H groups in total. The molecule has 1 amide bonds. The lowest BCUT2D eigenvalue weighted by Gasteiger charge is -2.08. The summed E-state index contributed by atoms with van der Waals surface area (Å²) in [5, 5.41) is 4.95. The van der Waals surface area contributed by atoms with Crippen molar-refractivity contribution in [3.8, 4) is 22.1 Å². The summed E-state index contributed by atoms with van der Waals surface area (Å²) in [4.78, 5) is 28.4. The van der Waals surface area contributed by atoms with Gasteiger partial charge in [0.2, 0.25) is 0 Å². The van der Waals surface area contributed by atoms with Gasteiger partial charge in [0.25, 0.3) is 5.91 Å². The minimum Gasteiger partial charge on any atom is -0.493 e. The van der Waals surface area contributed by atoms with Crippen molar-refractivity contribution in [3.05, 3.63) is 58.9 Å². The van der Waals surface area contributed by atoms with Crippen molar-refractivity contribution < 1.29 is 28.2 Å². The van der Waals surface area contributed by atoms with Gasteiger partial charge in [0.15, 0.2) is 18.1 Å². The maximum Gasteiger partial charge on any atom is 0.312 e. The van der Waals surface area contributed by atoms with Crippen molar-refractivity contribution >= 4 is 28.9 Å². The van der Waals surface area contributed by atoms with E-state index in [0.717, 1.165) is 5.56 Å². The third-order valence-electron chi connectivity index (χ3n) is 4.33. The average Bonchev–Trinajstić information content (AvgIpc) is 3.22. The fraction of sp³-hybridized carbons (Fsp3) is 0.227. The molecular formula is C22H21FN2O5S. The quantitative estimate of drug-likeness (QED) is 0.529. The number of nitrogens with zero attached hydrogens (tertiary/aromatic N) is 1. The summed E-state index contributed by atoms with van der Waals surface area (Å²) in [7, 11) is 3.11. The van der Waals surface area contributed by atoms with Crippen molar-refractivity contribution in [2.45, 2.75) is 13.3 Å². The molecule has 31 heavy (non-hydrogen) atoms. The third-order valence-corrected chi connectivity index (χ3v) is 5.27. The molecule has 2 aromatic carbocycles. The molecule has 0 aliphatic rings. The first kappa shape index (κ1) is 22.2. The molecule has 1 heterocycles. The second kappa shape index (κ2) is 10.0. The Kier molecular flexibility index (Phi) is 7.19. The van der Waals surface area contributed by atoms with Gasteiger partial charge in [-0.2, -0.15) is 0 Å². The summed E-state index contributed by atoms with van der Waals surface area (Å²) in [5.41, 5.74) is 2.12. The van der Waals surface area contributed by atoms with Gasteiger partial charge >= 0.3 is 5.97 Å². The highest BCUT2D eigenvalue weighted by atomic mass is 32.1. The monoisotopic (exact) mass is 444 g/mol. The number of ether oxygens (including phenoxy) is 3. The number of aromatic nitrogens is 1. The molecule has 0 aliphatic heterocycles. The van der Waals surface area contributed by atoms with Gasteiger partial charge in [-0.1, -0.05) is 6.07 Å². The summed E-state index contributed by atoms with van der Waals surface area (Å²) in [5.74, 6) is -0.382. The number of benzene rings is 2. The average molecular weight is 444 g/mol. The summed E-state index contributed by atoms with van der Waals surface area (Å²) < 4.78 is 29.1. The standard InChI is InChI=1S/C22H21FN2O5S/c1-13-4-6-15(9-17(13)23)24-20(26)11-30-21(27)10-16-12-31-22(25-16)14-5-7-18(28-2)19(8-14)29-3/h4-9,12H,10-11H2,1-3H3,(H,24,26). The van der Waals surface area contributed by atoms with Gasteiger partial charge in [0.1, 0.15) is 10.8 Å². The van der Waals surface area contributed by atoms with Gasteiger partial charge in [-0.3, -0.25) is 9.59 Å². The Balaban J connectivity index is 1.54. The molecule has 0 spiro atoms. The number of amides is 1. The Morgan fingerprint density at radius 1 is 1.10 bits per heavy atom. The number of hydrogen-bond acceptors (Lipinski definition) is 7. The molecule has 9 heteroatoms. The fourth-order valence-corrected chi connectivity index (χ4v) is 3.52. The summed E-state index contributed by atoms with van der Waals surface area (Å²) in [6.07, 6.45) is -0.0732.